The SMILES string of the molecule is CC(=O)[O-].CC(=O)[O-].CC(=O)[O-].O.O.O.O.[Pr+3]. The van der Waals surface area contributed by atoms with Crippen molar-refractivity contribution in [3.8, 4) is 0 Å². The molecule has 10 nitrogen and oxygen atoms in total. The van der Waals surface area contributed by atoms with E-state index < -0.39 is 17.9 Å². The van der Waals surface area contributed by atoms with E-state index in [2.05, 4.69) is 0 Å². The van der Waals surface area contributed by atoms with Crippen molar-refractivity contribution >= 4 is 17.9 Å². The standard InChI is InChI=1S/3C2H4O2.4H2O.Pr/c3*1-2(3)4;;;;;/h3*1H3,(H,3,4);4*1H2;/q;;;;;;;+3/p-3. The van der Waals surface area contributed by atoms with Gasteiger partial charge in [0.15, 0.2) is 0 Å². The molecule has 0 bridgehead atoms. The van der Waals surface area contributed by atoms with Crippen LogP contribution in [0.3, 0.4) is 0 Å². The molecule has 0 aliphatic heterocycles. The van der Waals surface area contributed by atoms with E-state index in [-0.39, 0.29) is 63.2 Å². The van der Waals surface area contributed by atoms with E-state index in [1.54, 1.807) is 0 Å². The Hall–Kier alpha value is -0.386. The number of carboxylic acids is 3. The Balaban J connectivity index is -0.0000000104. The molecule has 0 aromatic rings. The number of carbonyl (C=O) groups is 3. The first-order valence-electron chi connectivity index (χ1n) is 2.72. The zero-order valence-corrected chi connectivity index (χ0v) is 13.2. The average Bonchev–Trinajstić information content (AvgIpc) is 1.54. The number of rotatable bonds is 0. The van der Waals surface area contributed by atoms with Crippen molar-refractivity contribution in [2.75, 3.05) is 0 Å². The molecule has 0 saturated carbocycles. The topological polar surface area (TPSA) is 246 Å². The third-order valence-corrected chi connectivity index (χ3v) is 0. The van der Waals surface area contributed by atoms with Gasteiger partial charge in [-0.2, -0.15) is 0 Å². The maximum Gasteiger partial charge on any atom is 3.00 e. The molecular weight excluding hydrogens is 373 g/mol. The Morgan fingerprint density at radius 2 is 0.588 bits per heavy atom. The van der Waals surface area contributed by atoms with E-state index >= 15 is 0 Å². The van der Waals surface area contributed by atoms with Crippen molar-refractivity contribution < 1.29 is 92.9 Å². The first-order chi connectivity index (χ1) is 5.20. The maximum absolute atomic E-state index is 8.89. The molecule has 0 aliphatic rings. The summed E-state index contributed by atoms with van der Waals surface area (Å²) in [6.45, 7) is 2.92. The first-order valence-corrected chi connectivity index (χ1v) is 2.72. The molecule has 0 saturated heterocycles. The molecule has 11 heteroatoms. The van der Waals surface area contributed by atoms with Gasteiger partial charge in [-0.3, -0.25) is 0 Å². The summed E-state index contributed by atoms with van der Waals surface area (Å²) in [5.41, 5.74) is 0. The molecule has 0 fully saturated rings. The molecule has 0 unspecified atom stereocenters. The van der Waals surface area contributed by atoms with Gasteiger partial charge in [0.1, 0.15) is 0 Å². The molecule has 0 aliphatic carbocycles. The zero-order chi connectivity index (χ0) is 10.7. The van der Waals surface area contributed by atoms with Crippen LogP contribution >= 0.6 is 0 Å². The summed E-state index contributed by atoms with van der Waals surface area (Å²) in [6.07, 6.45) is 0. The largest absolute Gasteiger partial charge is 3.00 e. The quantitative estimate of drug-likeness (QED) is 0.388. The van der Waals surface area contributed by atoms with Crippen LogP contribution in [-0.2, 0) is 14.4 Å². The minimum absolute atomic E-state index is 0. The van der Waals surface area contributed by atoms with Crippen molar-refractivity contribution in [1.82, 2.24) is 0 Å². The molecule has 0 atom stereocenters. The third-order valence-electron chi connectivity index (χ3n) is 0. The van der Waals surface area contributed by atoms with Crippen LogP contribution in [0.4, 0.5) is 0 Å². The minimum Gasteiger partial charge on any atom is -0.550 e. The van der Waals surface area contributed by atoms with Crippen molar-refractivity contribution in [1.29, 1.82) is 0 Å². The second kappa shape index (κ2) is 44.9. The van der Waals surface area contributed by atoms with Crippen molar-refractivity contribution in [2.24, 2.45) is 0 Å². The number of carbonyl (C=O) groups excluding carboxylic acids is 3. The summed E-state index contributed by atoms with van der Waals surface area (Å²) in [6, 6.07) is 0. The van der Waals surface area contributed by atoms with Crippen LogP contribution in [0, 0.1) is 41.3 Å². The fourth-order valence-electron chi connectivity index (χ4n) is 0. The van der Waals surface area contributed by atoms with Crippen LogP contribution in [0.15, 0.2) is 0 Å². The monoisotopic (exact) mass is 390 g/mol. The molecule has 0 heterocycles. The van der Waals surface area contributed by atoms with Gasteiger partial charge in [-0.05, 0) is 20.8 Å². The van der Waals surface area contributed by atoms with Crippen molar-refractivity contribution in [3.05, 3.63) is 0 Å². The Bertz CT molecular complexity index is 118. The van der Waals surface area contributed by atoms with Crippen LogP contribution in [-0.4, -0.2) is 39.8 Å². The van der Waals surface area contributed by atoms with E-state index in [4.69, 9.17) is 29.7 Å². The summed E-state index contributed by atoms with van der Waals surface area (Å²) in [4.78, 5) is 26.7. The summed E-state index contributed by atoms with van der Waals surface area (Å²) in [7, 11) is 0. The second-order valence-corrected chi connectivity index (χ2v) is 1.47. The van der Waals surface area contributed by atoms with Gasteiger partial charge in [-0.15, -0.1) is 0 Å². The van der Waals surface area contributed by atoms with Crippen LogP contribution in [0.1, 0.15) is 20.8 Å². The molecule has 8 N–H and O–H groups in total. The van der Waals surface area contributed by atoms with Gasteiger partial charge in [-0.25, -0.2) is 0 Å². The molecule has 104 valence electrons. The molecule has 0 aromatic carbocycles. The van der Waals surface area contributed by atoms with E-state index in [1.807, 2.05) is 0 Å². The fraction of sp³-hybridized carbons (Fsp3) is 0.500. The Morgan fingerprint density at radius 3 is 0.588 bits per heavy atom. The van der Waals surface area contributed by atoms with E-state index in [0.29, 0.717) is 0 Å². The molecule has 17 heavy (non-hydrogen) atoms. The third kappa shape index (κ3) is 19400. The molecule has 0 radical (unpaired) electrons. The van der Waals surface area contributed by atoms with Gasteiger partial charge >= 0.3 is 41.3 Å². The number of hydrogen-bond acceptors (Lipinski definition) is 6. The Morgan fingerprint density at radius 1 is 0.588 bits per heavy atom. The van der Waals surface area contributed by atoms with Crippen LogP contribution in [0.25, 0.3) is 0 Å². The number of carboxylic acid groups (broad SMARTS) is 3. The summed E-state index contributed by atoms with van der Waals surface area (Å²) in [5, 5.41) is 26.7. The van der Waals surface area contributed by atoms with Gasteiger partial charge in [0, 0.05) is 17.9 Å². The fourth-order valence-corrected chi connectivity index (χ4v) is 0. The van der Waals surface area contributed by atoms with Gasteiger partial charge in [0.25, 0.3) is 0 Å². The molecule has 0 rings (SSSR count). The van der Waals surface area contributed by atoms with Crippen LogP contribution in [0.2, 0.25) is 0 Å². The average molecular weight is 390 g/mol. The van der Waals surface area contributed by atoms with E-state index in [0.717, 1.165) is 20.8 Å². The summed E-state index contributed by atoms with van der Waals surface area (Å²) in [5.74, 6) is -3.25. The molecular formula is C6H17O10Pr. The van der Waals surface area contributed by atoms with Crippen molar-refractivity contribution in [2.45, 2.75) is 20.8 Å². The van der Waals surface area contributed by atoms with Gasteiger partial charge < -0.3 is 51.6 Å². The molecule has 0 amide bonds. The maximum atomic E-state index is 8.89. The Labute approximate surface area is 131 Å². The normalized spacial score (nSPS) is 4.41. The van der Waals surface area contributed by atoms with E-state index in [9.17, 15) is 0 Å². The van der Waals surface area contributed by atoms with Crippen LogP contribution in [0.5, 0.6) is 0 Å². The first kappa shape index (κ1) is 54.6. The van der Waals surface area contributed by atoms with Crippen molar-refractivity contribution in [3.63, 3.8) is 0 Å². The number of hydrogen-bond donors (Lipinski definition) is 0. The number of aliphatic carboxylic acids is 3. The predicted octanol–water partition coefficient (Wildman–Crippen LogP) is -7.03. The summed E-state index contributed by atoms with van der Waals surface area (Å²) < 4.78 is 0. The minimum atomic E-state index is -1.08. The second-order valence-electron chi connectivity index (χ2n) is 1.47. The smallest absolute Gasteiger partial charge is 0.550 e. The van der Waals surface area contributed by atoms with Crippen LogP contribution < -0.4 is 15.3 Å². The zero-order valence-electron chi connectivity index (χ0n) is 9.53. The predicted molar refractivity (Wildman–Crippen MR) is 46.5 cm³/mol. The van der Waals surface area contributed by atoms with Gasteiger partial charge in [0.2, 0.25) is 0 Å². The van der Waals surface area contributed by atoms with Gasteiger partial charge in [-0.1, -0.05) is 0 Å². The molecule has 0 aromatic heterocycles. The van der Waals surface area contributed by atoms with E-state index in [1.165, 1.54) is 0 Å². The molecule has 0 spiro atoms. The Kier molecular flexibility index (Phi) is 144. The van der Waals surface area contributed by atoms with Gasteiger partial charge in [0.05, 0.1) is 0 Å². The summed E-state index contributed by atoms with van der Waals surface area (Å²) >= 11 is 0.